The highest BCUT2D eigenvalue weighted by Gasteiger charge is 2.33. The summed E-state index contributed by atoms with van der Waals surface area (Å²) in [5.41, 5.74) is 7.38. The van der Waals surface area contributed by atoms with E-state index in [0.29, 0.717) is 27.0 Å². The SMILES string of the molecule is CC(=O)c1c(C)nc2sc(C(=O)c3c(=O)o[nH][n+]3C)c(N)c2c1-c1ccc(C)s1. The van der Waals surface area contributed by atoms with Crippen molar-refractivity contribution in [2.75, 3.05) is 5.73 Å². The molecule has 0 aromatic carbocycles. The first-order valence-electron chi connectivity index (χ1n) is 8.63. The second-order valence-electron chi connectivity index (χ2n) is 6.66. The van der Waals surface area contributed by atoms with Crippen LogP contribution < -0.4 is 16.0 Å². The van der Waals surface area contributed by atoms with Crippen molar-refractivity contribution in [1.82, 2.24) is 10.3 Å². The van der Waals surface area contributed by atoms with Crippen LogP contribution in [-0.4, -0.2) is 21.8 Å². The van der Waals surface area contributed by atoms with Crippen molar-refractivity contribution in [1.29, 1.82) is 0 Å². The lowest BCUT2D eigenvalue weighted by Gasteiger charge is -2.10. The number of H-pyrrole nitrogens is 1. The van der Waals surface area contributed by atoms with E-state index < -0.39 is 11.4 Å². The number of nitrogen functional groups attached to an aromatic ring is 1. The Labute approximate surface area is 172 Å². The molecule has 0 spiro atoms. The molecule has 10 heteroatoms. The number of carbonyl (C=O) groups is 2. The highest BCUT2D eigenvalue weighted by Crippen LogP contribution is 2.44. The van der Waals surface area contributed by atoms with Gasteiger partial charge >= 0.3 is 11.3 Å². The standard InChI is InChI=1S/C19H16N4O4S2/c1-7-5-6-10(28-7)12-11(9(3)24)8(2)21-18-13(12)14(20)17(29-18)16(25)15-19(26)27-22-23(15)4/h5-6H,1-4H3,(H2-,20,22,25,26)/p+1. The number of nitrogens with zero attached hydrogens (tertiary/aromatic N) is 2. The molecule has 4 aromatic rings. The number of thiophene rings is 2. The molecule has 0 aliphatic heterocycles. The maximum absolute atomic E-state index is 13.0. The molecule has 4 heterocycles. The molecule has 0 unspecified atom stereocenters. The summed E-state index contributed by atoms with van der Waals surface area (Å²) in [5.74, 6) is -0.688. The topological polar surface area (TPSA) is 123 Å². The number of aromatic nitrogens is 3. The monoisotopic (exact) mass is 429 g/mol. The summed E-state index contributed by atoms with van der Waals surface area (Å²) in [6, 6.07) is 3.89. The van der Waals surface area contributed by atoms with Crippen molar-refractivity contribution < 1.29 is 18.8 Å². The van der Waals surface area contributed by atoms with Crippen molar-refractivity contribution in [2.24, 2.45) is 7.05 Å². The van der Waals surface area contributed by atoms with E-state index in [0.717, 1.165) is 21.1 Å². The molecular formula is C19H17N4O4S2+. The van der Waals surface area contributed by atoms with E-state index in [1.165, 1.54) is 30.0 Å². The van der Waals surface area contributed by atoms with E-state index in [-0.39, 0.29) is 22.0 Å². The first-order valence-corrected chi connectivity index (χ1v) is 10.3. The van der Waals surface area contributed by atoms with E-state index in [2.05, 4.69) is 14.8 Å². The highest BCUT2D eigenvalue weighted by atomic mass is 32.1. The summed E-state index contributed by atoms with van der Waals surface area (Å²) >= 11 is 2.63. The van der Waals surface area contributed by atoms with Gasteiger partial charge in [0.05, 0.1) is 11.4 Å². The molecule has 8 nitrogen and oxygen atoms in total. The van der Waals surface area contributed by atoms with E-state index in [9.17, 15) is 14.4 Å². The fraction of sp³-hybridized carbons (Fsp3) is 0.211. The summed E-state index contributed by atoms with van der Waals surface area (Å²) in [6.07, 6.45) is 0. The Morgan fingerprint density at radius 2 is 1.97 bits per heavy atom. The largest absolute Gasteiger partial charge is 0.438 e. The fourth-order valence-electron chi connectivity index (χ4n) is 3.37. The van der Waals surface area contributed by atoms with Gasteiger partial charge in [-0.25, -0.2) is 9.78 Å². The molecule has 0 radical (unpaired) electrons. The number of anilines is 1. The van der Waals surface area contributed by atoms with Crippen LogP contribution in [-0.2, 0) is 7.05 Å². The van der Waals surface area contributed by atoms with Gasteiger partial charge in [-0.2, -0.15) is 0 Å². The number of nitrogens with two attached hydrogens (primary N) is 1. The van der Waals surface area contributed by atoms with Gasteiger partial charge < -0.3 is 5.73 Å². The number of ketones is 2. The number of nitrogens with one attached hydrogen (secondary N) is 1. The summed E-state index contributed by atoms with van der Waals surface area (Å²) in [6.45, 7) is 5.22. The molecule has 0 amide bonds. The Kier molecular flexibility index (Phi) is 4.47. The zero-order valence-corrected chi connectivity index (χ0v) is 17.7. The van der Waals surface area contributed by atoms with Crippen LogP contribution in [0.5, 0.6) is 0 Å². The smallest absolute Gasteiger partial charge is 0.397 e. The van der Waals surface area contributed by atoms with Crippen molar-refractivity contribution in [3.05, 3.63) is 49.3 Å². The number of carbonyl (C=O) groups excluding carboxylic acids is 2. The quantitative estimate of drug-likeness (QED) is 0.380. The van der Waals surface area contributed by atoms with Crippen molar-refractivity contribution >= 4 is 50.1 Å². The van der Waals surface area contributed by atoms with E-state index in [4.69, 9.17) is 5.73 Å². The van der Waals surface area contributed by atoms with Crippen LogP contribution in [0.4, 0.5) is 5.69 Å². The molecule has 0 fully saturated rings. The molecule has 4 rings (SSSR count). The molecule has 29 heavy (non-hydrogen) atoms. The average molecular weight is 430 g/mol. The highest BCUT2D eigenvalue weighted by molar-refractivity contribution is 7.21. The van der Waals surface area contributed by atoms with Gasteiger partial charge in [0.25, 0.3) is 5.78 Å². The number of aryl methyl sites for hydroxylation is 3. The van der Waals surface area contributed by atoms with Crippen LogP contribution in [0.2, 0.25) is 0 Å². The zero-order chi connectivity index (χ0) is 21.0. The lowest BCUT2D eigenvalue weighted by atomic mass is 9.98. The van der Waals surface area contributed by atoms with Crippen LogP contribution in [0.1, 0.15) is 43.2 Å². The summed E-state index contributed by atoms with van der Waals surface area (Å²) in [4.78, 5) is 44.6. The third-order valence-corrected chi connectivity index (χ3v) is 6.74. The Balaban J connectivity index is 2.08. The maximum atomic E-state index is 13.0. The maximum Gasteiger partial charge on any atom is 0.438 e. The summed E-state index contributed by atoms with van der Waals surface area (Å²) in [5, 5.41) is 2.88. The zero-order valence-electron chi connectivity index (χ0n) is 16.1. The van der Waals surface area contributed by atoms with Crippen molar-refractivity contribution in [3.8, 4) is 10.4 Å². The third kappa shape index (κ3) is 2.91. The second-order valence-corrected chi connectivity index (χ2v) is 8.94. The van der Waals surface area contributed by atoms with Crippen LogP contribution in [0, 0.1) is 13.8 Å². The Hall–Kier alpha value is -3.11. The van der Waals surface area contributed by atoms with Gasteiger partial charge in [-0.3, -0.25) is 14.1 Å². The molecule has 0 atom stereocenters. The average Bonchev–Trinajstić information content (AvgIpc) is 3.31. The minimum absolute atomic E-state index is 0.130. The minimum Gasteiger partial charge on any atom is -0.397 e. The number of pyridine rings is 1. The molecule has 0 saturated carbocycles. The first kappa shape index (κ1) is 19.2. The number of hydrogen-bond donors (Lipinski definition) is 2. The Morgan fingerprint density at radius 1 is 1.24 bits per heavy atom. The predicted molar refractivity (Wildman–Crippen MR) is 111 cm³/mol. The Morgan fingerprint density at radius 3 is 2.52 bits per heavy atom. The molecule has 0 aliphatic rings. The number of hydrogen-bond acceptors (Lipinski definition) is 8. The normalized spacial score (nSPS) is 11.3. The van der Waals surface area contributed by atoms with Crippen molar-refractivity contribution in [3.63, 3.8) is 0 Å². The molecular weight excluding hydrogens is 412 g/mol. The van der Waals surface area contributed by atoms with E-state index in [1.807, 2.05) is 19.1 Å². The van der Waals surface area contributed by atoms with Crippen LogP contribution in [0.25, 0.3) is 20.7 Å². The van der Waals surface area contributed by atoms with Crippen molar-refractivity contribution in [2.45, 2.75) is 20.8 Å². The van der Waals surface area contributed by atoms with Gasteiger partial charge in [-0.05, 0) is 38.2 Å². The predicted octanol–water partition coefficient (Wildman–Crippen LogP) is 2.76. The summed E-state index contributed by atoms with van der Waals surface area (Å²) in [7, 11) is 1.50. The molecule has 0 bridgehead atoms. The van der Waals surface area contributed by atoms with E-state index >= 15 is 0 Å². The number of fused-ring (bicyclic) bond motifs is 1. The number of rotatable bonds is 4. The first-order chi connectivity index (χ1) is 13.7. The molecule has 0 saturated heterocycles. The van der Waals surface area contributed by atoms with E-state index in [1.54, 1.807) is 6.92 Å². The second kappa shape index (κ2) is 6.75. The Bertz CT molecular complexity index is 1370. The molecule has 4 aromatic heterocycles. The van der Waals surface area contributed by atoms with Crippen LogP contribution in [0.3, 0.4) is 0 Å². The molecule has 3 N–H and O–H groups in total. The van der Waals surface area contributed by atoms with Gasteiger partial charge in [-0.1, -0.05) is 4.68 Å². The molecule has 0 aliphatic carbocycles. The fourth-order valence-corrected chi connectivity index (χ4v) is 5.39. The van der Waals surface area contributed by atoms with Gasteiger partial charge in [0.1, 0.15) is 9.71 Å². The molecule has 148 valence electrons. The number of aromatic amines is 1. The van der Waals surface area contributed by atoms with Gasteiger partial charge in [-0.15, -0.1) is 22.7 Å². The lowest BCUT2D eigenvalue weighted by molar-refractivity contribution is -0.741. The summed E-state index contributed by atoms with van der Waals surface area (Å²) < 4.78 is 5.89. The van der Waals surface area contributed by atoms with Gasteiger partial charge in [0.2, 0.25) is 0 Å². The third-order valence-electron chi connectivity index (χ3n) is 4.62. The van der Waals surface area contributed by atoms with Crippen LogP contribution in [0.15, 0.2) is 21.5 Å². The van der Waals surface area contributed by atoms with Crippen LogP contribution >= 0.6 is 22.7 Å². The number of Topliss-reactive ketones (excluding diaryl/α,β-unsaturated/α-hetero) is 1. The van der Waals surface area contributed by atoms with Gasteiger partial charge in [0.15, 0.2) is 12.8 Å². The van der Waals surface area contributed by atoms with Gasteiger partial charge in [0, 0.05) is 26.3 Å². The minimum atomic E-state index is -0.781. The lowest BCUT2D eigenvalue weighted by Crippen LogP contribution is -2.39.